The Kier molecular flexibility index (Phi) is 6.04. The lowest BCUT2D eigenvalue weighted by molar-refractivity contribution is -0.384. The van der Waals surface area contributed by atoms with E-state index in [0.717, 1.165) is 12.8 Å². The molecule has 1 rings (SSSR count). The molecule has 6 nitrogen and oxygen atoms in total. The zero-order chi connectivity index (χ0) is 15.0. The summed E-state index contributed by atoms with van der Waals surface area (Å²) in [6, 6.07) is 5.97. The maximum atomic E-state index is 10.8. The van der Waals surface area contributed by atoms with Crippen molar-refractivity contribution in [2.24, 2.45) is 5.73 Å². The van der Waals surface area contributed by atoms with Crippen LogP contribution in [0.2, 0.25) is 0 Å². The van der Waals surface area contributed by atoms with Crippen LogP contribution in [0, 0.1) is 22.0 Å². The van der Waals surface area contributed by atoms with E-state index in [1.807, 2.05) is 6.92 Å². The maximum absolute atomic E-state index is 10.8. The van der Waals surface area contributed by atoms with Gasteiger partial charge in [0.15, 0.2) is 6.10 Å². The molecule has 0 aliphatic heterocycles. The van der Waals surface area contributed by atoms with Crippen molar-refractivity contribution >= 4 is 11.8 Å². The number of carbonyl (C=O) groups is 1. The summed E-state index contributed by atoms with van der Waals surface area (Å²) in [6.07, 6.45) is 0.909. The third kappa shape index (κ3) is 5.40. The molecule has 2 N–H and O–H groups in total. The first kappa shape index (κ1) is 15.5. The summed E-state index contributed by atoms with van der Waals surface area (Å²) in [5.74, 6) is 5.54. The van der Waals surface area contributed by atoms with Crippen LogP contribution in [0.5, 0.6) is 0 Å². The molecule has 6 heteroatoms. The molecule has 0 spiro atoms. The summed E-state index contributed by atoms with van der Waals surface area (Å²) < 4.78 is 4.88. The fraction of sp³-hybridized carbons (Fsp3) is 0.357. The summed E-state index contributed by atoms with van der Waals surface area (Å²) >= 11 is 0. The van der Waals surface area contributed by atoms with Crippen molar-refractivity contribution in [2.75, 3.05) is 0 Å². The van der Waals surface area contributed by atoms with Crippen molar-refractivity contribution < 1.29 is 14.5 Å². The van der Waals surface area contributed by atoms with Crippen LogP contribution < -0.4 is 5.73 Å². The second-order valence-electron chi connectivity index (χ2n) is 4.14. The van der Waals surface area contributed by atoms with Crippen molar-refractivity contribution in [2.45, 2.75) is 32.3 Å². The van der Waals surface area contributed by atoms with Crippen LogP contribution in [-0.2, 0) is 4.74 Å². The number of carbonyl (C=O) groups excluding carboxylic acids is 1. The maximum Gasteiger partial charge on any atom is 0.405 e. The number of benzene rings is 1. The van der Waals surface area contributed by atoms with Crippen LogP contribution in [0.25, 0.3) is 0 Å². The molecule has 0 saturated heterocycles. The van der Waals surface area contributed by atoms with E-state index >= 15 is 0 Å². The molecular weight excluding hydrogens is 260 g/mol. The molecule has 106 valence electrons. The van der Waals surface area contributed by atoms with Gasteiger partial charge in [-0.25, -0.2) is 4.79 Å². The van der Waals surface area contributed by atoms with E-state index in [2.05, 4.69) is 11.8 Å². The molecule has 1 aromatic carbocycles. The van der Waals surface area contributed by atoms with E-state index in [1.54, 1.807) is 12.1 Å². The summed E-state index contributed by atoms with van der Waals surface area (Å²) in [4.78, 5) is 20.9. The highest BCUT2D eigenvalue weighted by Gasteiger charge is 2.09. The van der Waals surface area contributed by atoms with Gasteiger partial charge in [-0.15, -0.1) is 0 Å². The van der Waals surface area contributed by atoms with Crippen molar-refractivity contribution in [3.8, 4) is 11.8 Å². The van der Waals surface area contributed by atoms with E-state index in [1.165, 1.54) is 12.1 Å². The highest BCUT2D eigenvalue weighted by molar-refractivity contribution is 5.65. The Bertz CT molecular complexity index is 546. The highest BCUT2D eigenvalue weighted by atomic mass is 16.6. The number of rotatable bonds is 5. The van der Waals surface area contributed by atoms with Gasteiger partial charge in [-0.3, -0.25) is 10.1 Å². The number of ether oxygens (including phenoxy) is 1. The first-order valence-electron chi connectivity index (χ1n) is 6.25. The fourth-order valence-electron chi connectivity index (χ4n) is 1.55. The zero-order valence-corrected chi connectivity index (χ0v) is 11.2. The molecule has 1 unspecified atom stereocenters. The van der Waals surface area contributed by atoms with Gasteiger partial charge in [0.2, 0.25) is 0 Å². The number of hydrogen-bond acceptors (Lipinski definition) is 4. The lowest BCUT2D eigenvalue weighted by Crippen LogP contribution is -2.21. The van der Waals surface area contributed by atoms with Crippen LogP contribution >= 0.6 is 0 Å². The number of nitrogens with zero attached hydrogens (tertiary/aromatic N) is 1. The Hall–Kier alpha value is -2.55. The predicted molar refractivity (Wildman–Crippen MR) is 74.0 cm³/mol. The summed E-state index contributed by atoms with van der Waals surface area (Å²) in [5.41, 5.74) is 5.44. The first-order valence-corrected chi connectivity index (χ1v) is 6.25. The summed E-state index contributed by atoms with van der Waals surface area (Å²) in [5, 5.41) is 10.6. The Morgan fingerprint density at radius 2 is 2.30 bits per heavy atom. The van der Waals surface area contributed by atoms with Gasteiger partial charge in [0.05, 0.1) is 4.92 Å². The zero-order valence-electron chi connectivity index (χ0n) is 11.2. The van der Waals surface area contributed by atoms with Gasteiger partial charge in [0.1, 0.15) is 0 Å². The van der Waals surface area contributed by atoms with Gasteiger partial charge >= 0.3 is 6.09 Å². The minimum Gasteiger partial charge on any atom is -0.433 e. The number of nitrogens with two attached hydrogens (primary N) is 1. The second-order valence-corrected chi connectivity index (χ2v) is 4.14. The number of amides is 1. The van der Waals surface area contributed by atoms with Crippen molar-refractivity contribution in [3.05, 3.63) is 39.9 Å². The molecule has 0 bridgehead atoms. The van der Waals surface area contributed by atoms with E-state index in [-0.39, 0.29) is 5.69 Å². The van der Waals surface area contributed by atoms with E-state index < -0.39 is 17.1 Å². The Morgan fingerprint density at radius 1 is 1.55 bits per heavy atom. The predicted octanol–water partition coefficient (Wildman–Crippen LogP) is 2.60. The smallest absolute Gasteiger partial charge is 0.405 e. The minimum absolute atomic E-state index is 0.0299. The van der Waals surface area contributed by atoms with Gasteiger partial charge in [0.25, 0.3) is 5.69 Å². The normalized spacial score (nSPS) is 11.1. The van der Waals surface area contributed by atoms with Gasteiger partial charge in [-0.2, -0.15) is 0 Å². The largest absolute Gasteiger partial charge is 0.433 e. The topological polar surface area (TPSA) is 95.5 Å². The molecule has 0 radical (unpaired) electrons. The Labute approximate surface area is 117 Å². The quantitative estimate of drug-likeness (QED) is 0.508. The molecule has 1 atom stereocenters. The molecule has 1 amide bonds. The van der Waals surface area contributed by atoms with Gasteiger partial charge in [-0.1, -0.05) is 31.3 Å². The molecule has 0 aliphatic rings. The molecule has 0 fully saturated rings. The van der Waals surface area contributed by atoms with Crippen LogP contribution in [0.1, 0.15) is 31.7 Å². The van der Waals surface area contributed by atoms with Crippen molar-refractivity contribution in [3.63, 3.8) is 0 Å². The van der Waals surface area contributed by atoms with Crippen LogP contribution in [0.15, 0.2) is 24.3 Å². The third-order valence-electron chi connectivity index (χ3n) is 2.51. The van der Waals surface area contributed by atoms with E-state index in [4.69, 9.17) is 10.5 Å². The average Bonchev–Trinajstić information content (AvgIpc) is 2.41. The number of non-ortho nitro benzene ring substituents is 1. The lowest BCUT2D eigenvalue weighted by Gasteiger charge is -2.09. The lowest BCUT2D eigenvalue weighted by atomic mass is 10.1. The van der Waals surface area contributed by atoms with Crippen molar-refractivity contribution in [1.82, 2.24) is 0 Å². The number of nitro benzene ring substituents is 1. The molecule has 0 saturated carbocycles. The Balaban J connectivity index is 2.84. The van der Waals surface area contributed by atoms with Crippen LogP contribution in [0.3, 0.4) is 0 Å². The van der Waals surface area contributed by atoms with E-state index in [9.17, 15) is 14.9 Å². The molecule has 0 aromatic heterocycles. The molecule has 0 heterocycles. The Morgan fingerprint density at radius 3 is 2.90 bits per heavy atom. The standard InChI is InChI=1S/C14H16N2O4/c1-2-3-7-13(20-14(15)17)9-8-11-5-4-6-12(10-11)16(18)19/h4-6,10,13H,2-3,7H2,1H3,(H2,15,17). The summed E-state index contributed by atoms with van der Waals surface area (Å²) in [7, 11) is 0. The third-order valence-corrected chi connectivity index (χ3v) is 2.51. The van der Waals surface area contributed by atoms with E-state index in [0.29, 0.717) is 12.0 Å². The van der Waals surface area contributed by atoms with Gasteiger partial charge < -0.3 is 10.5 Å². The van der Waals surface area contributed by atoms with Crippen LogP contribution in [0.4, 0.5) is 10.5 Å². The summed E-state index contributed by atoms with van der Waals surface area (Å²) in [6.45, 7) is 2.01. The SMILES string of the molecule is CCCCC(C#Cc1cccc([N+](=O)[O-])c1)OC(N)=O. The minimum atomic E-state index is -0.876. The van der Waals surface area contributed by atoms with Crippen LogP contribution in [-0.4, -0.2) is 17.1 Å². The molecule has 0 aliphatic carbocycles. The highest BCUT2D eigenvalue weighted by Crippen LogP contribution is 2.12. The number of hydrogen-bond donors (Lipinski definition) is 1. The number of unbranched alkanes of at least 4 members (excludes halogenated alkanes) is 1. The van der Waals surface area contributed by atoms with Crippen molar-refractivity contribution in [1.29, 1.82) is 0 Å². The fourth-order valence-corrected chi connectivity index (χ4v) is 1.55. The molecular formula is C14H16N2O4. The first-order chi connectivity index (χ1) is 9.52. The number of nitro groups is 1. The van der Waals surface area contributed by atoms with Gasteiger partial charge in [-0.05, 0) is 18.9 Å². The van der Waals surface area contributed by atoms with Gasteiger partial charge in [0, 0.05) is 17.7 Å². The average molecular weight is 276 g/mol. The molecule has 20 heavy (non-hydrogen) atoms. The molecule has 1 aromatic rings. The second kappa shape index (κ2) is 7.79. The number of primary amides is 1. The monoisotopic (exact) mass is 276 g/mol.